The summed E-state index contributed by atoms with van der Waals surface area (Å²) in [6, 6.07) is 0. The molecule has 1 aliphatic carbocycles. The summed E-state index contributed by atoms with van der Waals surface area (Å²) in [6.45, 7) is 14.5. The summed E-state index contributed by atoms with van der Waals surface area (Å²) in [6.07, 6.45) is 4.33. The molecule has 19 heavy (non-hydrogen) atoms. The zero-order valence-electron chi connectivity index (χ0n) is 14.4. The fourth-order valence-electron chi connectivity index (χ4n) is 3.31. The van der Waals surface area contributed by atoms with E-state index in [1.807, 2.05) is 5.66 Å². The van der Waals surface area contributed by atoms with Gasteiger partial charge in [-0.1, -0.05) is 39.8 Å². The third kappa shape index (κ3) is 6.06. The minimum Gasteiger partial charge on any atom is -0.358 e. The summed E-state index contributed by atoms with van der Waals surface area (Å²) in [5.41, 5.74) is 3.46. The fourth-order valence-corrected chi connectivity index (χ4v) is 5.51. The quantitative estimate of drug-likeness (QED) is 0.341. The summed E-state index contributed by atoms with van der Waals surface area (Å²) >= 11 is 0. The second-order valence-corrected chi connectivity index (χ2v) is 8.57. The van der Waals surface area contributed by atoms with Crippen LogP contribution in [0.1, 0.15) is 47.0 Å². The molecule has 0 aromatic heterocycles. The zero-order chi connectivity index (χ0) is 12.3. The van der Waals surface area contributed by atoms with Crippen LogP contribution in [0.5, 0.6) is 0 Å². The van der Waals surface area contributed by atoms with Crippen LogP contribution in [0.3, 0.4) is 0 Å². The predicted molar refractivity (Wildman–Crippen MR) is 94.3 cm³/mol. The molecule has 1 saturated carbocycles. The molecule has 3 heteroatoms. The Morgan fingerprint density at radius 1 is 1.05 bits per heavy atom. The van der Waals surface area contributed by atoms with E-state index in [0.717, 1.165) is 34.7 Å². The van der Waals surface area contributed by atoms with Crippen LogP contribution in [0.4, 0.5) is 0 Å². The normalized spacial score (nSPS) is 23.7. The van der Waals surface area contributed by atoms with Gasteiger partial charge in [-0.15, -0.1) is 8.58 Å². The van der Waals surface area contributed by atoms with E-state index in [2.05, 4.69) is 41.0 Å². The molecule has 1 aliphatic rings. The Morgan fingerprint density at radius 3 is 1.84 bits per heavy atom. The minimum absolute atomic E-state index is 0. The monoisotopic (exact) mass is 337 g/mol. The van der Waals surface area contributed by atoms with Gasteiger partial charge < -0.3 is 14.9 Å². The Labute approximate surface area is 142 Å². The first-order chi connectivity index (χ1) is 7.46. The molecule has 0 amide bonds. The Kier molecular flexibility index (Phi) is 15.0. The van der Waals surface area contributed by atoms with E-state index in [1.165, 1.54) is 19.3 Å². The molecule has 0 heterocycles. The van der Waals surface area contributed by atoms with Crippen molar-refractivity contribution in [3.05, 3.63) is 20.5 Å². The molecule has 1 fully saturated rings. The van der Waals surface area contributed by atoms with E-state index in [4.69, 9.17) is 0 Å². The number of hydrogen-bond donors (Lipinski definition) is 0. The molecule has 0 spiro atoms. The third-order valence-electron chi connectivity index (χ3n) is 4.72. The first-order valence-corrected chi connectivity index (χ1v) is 9.73. The van der Waals surface area contributed by atoms with Gasteiger partial charge in [0.1, 0.15) is 0 Å². The molecule has 0 aromatic carbocycles. The van der Waals surface area contributed by atoms with E-state index in [-0.39, 0.29) is 36.6 Å². The molecule has 0 saturated heterocycles. The van der Waals surface area contributed by atoms with E-state index in [0.29, 0.717) is 5.41 Å². The van der Waals surface area contributed by atoms with E-state index < -0.39 is 0 Å². The molecule has 3 atom stereocenters. The fraction of sp³-hybridized carbons (Fsp3) is 0.812. The van der Waals surface area contributed by atoms with E-state index in [1.54, 1.807) is 0 Å². The van der Waals surface area contributed by atoms with Crippen LogP contribution in [0, 0.1) is 37.8 Å². The molecule has 0 aromatic rings. The van der Waals surface area contributed by atoms with Crippen LogP contribution in [-0.2, 0) is 21.7 Å². The largest absolute Gasteiger partial charge is 3.00 e. The van der Waals surface area contributed by atoms with Gasteiger partial charge in [-0.05, 0) is 30.6 Å². The summed E-state index contributed by atoms with van der Waals surface area (Å²) < 4.78 is 0. The van der Waals surface area contributed by atoms with Crippen molar-refractivity contribution in [2.24, 2.45) is 17.3 Å². The van der Waals surface area contributed by atoms with Crippen molar-refractivity contribution in [1.82, 2.24) is 0 Å². The molecule has 113 valence electrons. The maximum Gasteiger partial charge on any atom is 3.00 e. The van der Waals surface area contributed by atoms with E-state index >= 15 is 0 Å². The molecular weight excluding hydrogens is 302 g/mol. The average Bonchev–Trinajstić information content (AvgIpc) is 2.27. The number of hydrogen-bond acceptors (Lipinski definition) is 0. The van der Waals surface area contributed by atoms with Gasteiger partial charge >= 0.3 is 21.7 Å². The maximum absolute atomic E-state index is 2.44. The van der Waals surface area contributed by atoms with Crippen molar-refractivity contribution in [3.63, 3.8) is 0 Å². The Morgan fingerprint density at radius 2 is 1.53 bits per heavy atom. The van der Waals surface area contributed by atoms with Gasteiger partial charge in [0.05, 0.1) is 0 Å². The zero-order valence-corrected chi connectivity index (χ0v) is 17.9. The van der Waals surface area contributed by atoms with Gasteiger partial charge in [0, 0.05) is 0 Å². The molecule has 1 rings (SSSR count). The van der Waals surface area contributed by atoms with Gasteiger partial charge in [0.15, 0.2) is 0 Å². The standard InChI is InChI=1S/C14H29P2.2CH3.Ti/c1-10(2)14(11(3)4)8-12(15-5)7-13(9-14)16-6;;;/h10-12,15-16H,7-9H2,1-6H3;2*1H3;/q3*-1;+3. The van der Waals surface area contributed by atoms with Crippen LogP contribution < -0.4 is 0 Å². The molecule has 1 radical (unpaired) electrons. The van der Waals surface area contributed by atoms with Crippen molar-refractivity contribution < 1.29 is 21.7 Å². The van der Waals surface area contributed by atoms with Gasteiger partial charge in [-0.25, -0.2) is 0 Å². The SMILES string of the molecule is CP[C-]1CC(PC)CC(C(C)C)(C(C)C)C1.[CH3-].[CH3-].[Ti+3]. The van der Waals surface area contributed by atoms with Crippen molar-refractivity contribution in [3.8, 4) is 0 Å². The Balaban J connectivity index is -0.000000853. The first kappa shape index (κ1) is 25.5. The first-order valence-electron chi connectivity index (χ1n) is 6.66. The summed E-state index contributed by atoms with van der Waals surface area (Å²) in [5, 5.41) is 0. The number of rotatable bonds is 4. The Bertz CT molecular complexity index is 195. The topological polar surface area (TPSA) is 0 Å². The van der Waals surface area contributed by atoms with Crippen molar-refractivity contribution >= 4 is 17.2 Å². The van der Waals surface area contributed by atoms with Crippen LogP contribution in [0.15, 0.2) is 0 Å². The van der Waals surface area contributed by atoms with Gasteiger partial charge in [0.2, 0.25) is 0 Å². The van der Waals surface area contributed by atoms with Gasteiger partial charge in [-0.2, -0.15) is 12.8 Å². The average molecular weight is 337 g/mol. The molecule has 0 bridgehead atoms. The van der Waals surface area contributed by atoms with Gasteiger partial charge in [0.25, 0.3) is 0 Å². The second-order valence-electron chi connectivity index (χ2n) is 5.97. The van der Waals surface area contributed by atoms with Crippen molar-refractivity contribution in [1.29, 1.82) is 0 Å². The van der Waals surface area contributed by atoms with Crippen LogP contribution in [0.25, 0.3) is 0 Å². The van der Waals surface area contributed by atoms with Crippen LogP contribution in [-0.4, -0.2) is 19.0 Å². The maximum atomic E-state index is 2.44. The second kappa shape index (κ2) is 11.2. The van der Waals surface area contributed by atoms with Crippen molar-refractivity contribution in [2.45, 2.75) is 52.6 Å². The summed E-state index contributed by atoms with van der Waals surface area (Å²) in [5.74, 6) is 1.66. The van der Waals surface area contributed by atoms with Crippen LogP contribution in [0.2, 0.25) is 0 Å². The van der Waals surface area contributed by atoms with Crippen LogP contribution >= 0.6 is 17.2 Å². The molecule has 0 aliphatic heterocycles. The summed E-state index contributed by atoms with van der Waals surface area (Å²) in [4.78, 5) is 0. The minimum atomic E-state index is 0. The molecule has 0 N–H and O–H groups in total. The predicted octanol–water partition coefficient (Wildman–Crippen LogP) is 5.88. The van der Waals surface area contributed by atoms with Gasteiger partial charge in [-0.3, -0.25) is 14.2 Å². The van der Waals surface area contributed by atoms with Crippen molar-refractivity contribution in [2.75, 3.05) is 13.3 Å². The molecular formula is C16H35P2Ti. The van der Waals surface area contributed by atoms with E-state index in [9.17, 15) is 0 Å². The summed E-state index contributed by atoms with van der Waals surface area (Å²) in [7, 11) is 2.20. The molecule has 3 unspecified atom stereocenters. The third-order valence-corrected chi connectivity index (χ3v) is 7.04. The molecule has 0 nitrogen and oxygen atoms in total. The smallest absolute Gasteiger partial charge is 0.358 e. The Hall–Kier alpha value is 1.57.